The highest BCUT2D eigenvalue weighted by molar-refractivity contribution is 8.00. The molecule has 1 aliphatic heterocycles. The SMILES string of the molecule is CNC(=O)CC1CC(=O)NC(SCC(=O)Nc2ccc(C(=O)OC)cc2)N1. The zero-order chi connectivity index (χ0) is 19.8. The van der Waals surface area contributed by atoms with E-state index in [1.54, 1.807) is 31.3 Å². The van der Waals surface area contributed by atoms with E-state index in [2.05, 4.69) is 26.0 Å². The molecule has 4 N–H and O–H groups in total. The van der Waals surface area contributed by atoms with Gasteiger partial charge in [-0.2, -0.15) is 0 Å². The maximum Gasteiger partial charge on any atom is 0.337 e. The molecule has 1 saturated heterocycles. The molecule has 1 aromatic carbocycles. The fourth-order valence-electron chi connectivity index (χ4n) is 2.45. The Morgan fingerprint density at radius 1 is 1.22 bits per heavy atom. The van der Waals surface area contributed by atoms with Crippen LogP contribution in [0.1, 0.15) is 23.2 Å². The molecule has 2 unspecified atom stereocenters. The van der Waals surface area contributed by atoms with Crippen molar-refractivity contribution in [2.45, 2.75) is 24.4 Å². The third-order valence-corrected chi connectivity index (χ3v) is 4.81. The second-order valence-corrected chi connectivity index (χ2v) is 6.91. The first-order valence-corrected chi connectivity index (χ1v) is 9.32. The summed E-state index contributed by atoms with van der Waals surface area (Å²) in [6.07, 6.45) is 0.406. The smallest absolute Gasteiger partial charge is 0.337 e. The average molecular weight is 394 g/mol. The summed E-state index contributed by atoms with van der Waals surface area (Å²) >= 11 is 1.22. The van der Waals surface area contributed by atoms with Crippen LogP contribution >= 0.6 is 11.8 Å². The van der Waals surface area contributed by atoms with E-state index < -0.39 is 11.5 Å². The summed E-state index contributed by atoms with van der Waals surface area (Å²) in [4.78, 5) is 46.7. The molecule has 0 radical (unpaired) electrons. The number of hydrogen-bond donors (Lipinski definition) is 4. The predicted octanol–water partition coefficient (Wildman–Crippen LogP) is 0.0427. The van der Waals surface area contributed by atoms with Gasteiger partial charge in [0.1, 0.15) is 5.50 Å². The Kier molecular flexibility index (Phi) is 7.62. The third kappa shape index (κ3) is 6.57. The summed E-state index contributed by atoms with van der Waals surface area (Å²) in [6, 6.07) is 6.05. The van der Waals surface area contributed by atoms with Crippen LogP contribution < -0.4 is 21.3 Å². The van der Waals surface area contributed by atoms with E-state index in [0.717, 1.165) is 0 Å². The zero-order valence-electron chi connectivity index (χ0n) is 15.0. The van der Waals surface area contributed by atoms with Crippen molar-refractivity contribution in [1.29, 1.82) is 0 Å². The van der Waals surface area contributed by atoms with Crippen molar-refractivity contribution >= 4 is 41.1 Å². The number of thioether (sulfide) groups is 1. The van der Waals surface area contributed by atoms with E-state index in [1.165, 1.54) is 18.9 Å². The molecule has 0 aliphatic carbocycles. The van der Waals surface area contributed by atoms with Gasteiger partial charge < -0.3 is 20.7 Å². The molecular formula is C17H22N4O5S. The molecule has 0 spiro atoms. The Balaban J connectivity index is 1.81. The number of esters is 1. The Morgan fingerprint density at radius 3 is 2.56 bits per heavy atom. The number of carbonyl (C=O) groups excluding carboxylic acids is 4. The van der Waals surface area contributed by atoms with Crippen molar-refractivity contribution in [2.75, 3.05) is 25.2 Å². The topological polar surface area (TPSA) is 126 Å². The van der Waals surface area contributed by atoms with E-state index in [4.69, 9.17) is 0 Å². The molecule has 2 atom stereocenters. The van der Waals surface area contributed by atoms with Crippen molar-refractivity contribution < 1.29 is 23.9 Å². The van der Waals surface area contributed by atoms with Crippen molar-refractivity contribution in [1.82, 2.24) is 16.0 Å². The number of nitrogens with one attached hydrogen (secondary N) is 4. The number of carbonyl (C=O) groups is 4. The van der Waals surface area contributed by atoms with Gasteiger partial charge in [0.25, 0.3) is 0 Å². The first-order chi connectivity index (χ1) is 12.9. The minimum Gasteiger partial charge on any atom is -0.465 e. The molecule has 1 fully saturated rings. The standard InChI is InChI=1S/C17H22N4O5S/c1-18-13(22)7-12-8-14(23)21-17(20-12)27-9-15(24)19-11-5-3-10(4-6-11)16(25)26-2/h3-6,12,17,20H,7-9H2,1-2H3,(H,18,22)(H,19,24)(H,21,23). The predicted molar refractivity (Wildman–Crippen MR) is 101 cm³/mol. The third-order valence-electron chi connectivity index (χ3n) is 3.79. The fourth-order valence-corrected chi connectivity index (χ4v) is 3.35. The highest BCUT2D eigenvalue weighted by atomic mass is 32.2. The van der Waals surface area contributed by atoms with Crippen LogP contribution in [-0.4, -0.2) is 55.1 Å². The maximum atomic E-state index is 12.1. The molecule has 0 saturated carbocycles. The van der Waals surface area contributed by atoms with Gasteiger partial charge in [-0.25, -0.2) is 4.79 Å². The lowest BCUT2D eigenvalue weighted by molar-refractivity contribution is -0.125. The summed E-state index contributed by atoms with van der Waals surface area (Å²) < 4.78 is 4.62. The van der Waals surface area contributed by atoms with E-state index in [1.807, 2.05) is 0 Å². The largest absolute Gasteiger partial charge is 0.465 e. The molecule has 27 heavy (non-hydrogen) atoms. The van der Waals surface area contributed by atoms with Crippen molar-refractivity contribution in [3.05, 3.63) is 29.8 Å². The minimum atomic E-state index is -0.451. The molecule has 0 aromatic heterocycles. The molecule has 1 aliphatic rings. The molecule has 3 amide bonds. The van der Waals surface area contributed by atoms with Gasteiger partial charge in [-0.05, 0) is 24.3 Å². The van der Waals surface area contributed by atoms with Gasteiger partial charge in [0.05, 0.1) is 18.4 Å². The molecule has 2 rings (SSSR count). The Labute approximate surface area is 161 Å². The van der Waals surface area contributed by atoms with Crippen LogP contribution in [0.5, 0.6) is 0 Å². The van der Waals surface area contributed by atoms with E-state index in [-0.39, 0.29) is 42.4 Å². The number of methoxy groups -OCH3 is 1. The lowest BCUT2D eigenvalue weighted by Crippen LogP contribution is -2.55. The van der Waals surface area contributed by atoms with Crippen molar-refractivity contribution in [2.24, 2.45) is 0 Å². The summed E-state index contributed by atoms with van der Waals surface area (Å²) in [5.74, 6) is -0.925. The summed E-state index contributed by atoms with van der Waals surface area (Å²) in [6.45, 7) is 0. The van der Waals surface area contributed by atoms with Crippen LogP contribution in [0.3, 0.4) is 0 Å². The molecule has 10 heteroatoms. The second kappa shape index (κ2) is 9.93. The van der Waals surface area contributed by atoms with Gasteiger partial charge in [0.15, 0.2) is 0 Å². The molecule has 1 heterocycles. The molecule has 0 bridgehead atoms. The highest BCUT2D eigenvalue weighted by Crippen LogP contribution is 2.15. The Bertz CT molecular complexity index is 710. The Morgan fingerprint density at radius 2 is 1.93 bits per heavy atom. The van der Waals surface area contributed by atoms with E-state index >= 15 is 0 Å². The lowest BCUT2D eigenvalue weighted by atomic mass is 10.1. The summed E-state index contributed by atoms with van der Waals surface area (Å²) in [5, 5.41) is 11.1. The van der Waals surface area contributed by atoms with Gasteiger partial charge in [0, 0.05) is 31.6 Å². The monoisotopic (exact) mass is 394 g/mol. The lowest BCUT2D eigenvalue weighted by Gasteiger charge is -2.30. The summed E-state index contributed by atoms with van der Waals surface area (Å²) in [7, 11) is 2.84. The van der Waals surface area contributed by atoms with Crippen LogP contribution in [-0.2, 0) is 19.1 Å². The fraction of sp³-hybridized carbons (Fsp3) is 0.412. The normalized spacial score (nSPS) is 19.0. The van der Waals surface area contributed by atoms with Gasteiger partial charge in [0.2, 0.25) is 17.7 Å². The van der Waals surface area contributed by atoms with Gasteiger partial charge in [-0.1, -0.05) is 0 Å². The quantitative estimate of drug-likeness (QED) is 0.481. The van der Waals surface area contributed by atoms with Gasteiger partial charge >= 0.3 is 5.97 Å². The number of anilines is 1. The minimum absolute atomic E-state index is 0.101. The molecule has 1 aromatic rings. The zero-order valence-corrected chi connectivity index (χ0v) is 15.9. The van der Waals surface area contributed by atoms with Crippen molar-refractivity contribution in [3.8, 4) is 0 Å². The number of benzene rings is 1. The van der Waals surface area contributed by atoms with E-state index in [0.29, 0.717) is 11.3 Å². The second-order valence-electron chi connectivity index (χ2n) is 5.82. The van der Waals surface area contributed by atoms with Crippen molar-refractivity contribution in [3.63, 3.8) is 0 Å². The molecule has 9 nitrogen and oxygen atoms in total. The average Bonchev–Trinajstić information content (AvgIpc) is 2.65. The summed E-state index contributed by atoms with van der Waals surface area (Å²) in [5.41, 5.74) is 0.487. The van der Waals surface area contributed by atoms with Gasteiger partial charge in [-0.15, -0.1) is 11.8 Å². The molecule has 146 valence electrons. The maximum absolute atomic E-state index is 12.1. The van der Waals surface area contributed by atoms with Gasteiger partial charge in [-0.3, -0.25) is 19.7 Å². The van der Waals surface area contributed by atoms with Crippen LogP contribution in [0, 0.1) is 0 Å². The Hall–Kier alpha value is -2.59. The van der Waals surface area contributed by atoms with Crippen LogP contribution in [0.15, 0.2) is 24.3 Å². The van der Waals surface area contributed by atoms with E-state index in [9.17, 15) is 19.2 Å². The first kappa shape index (κ1) is 20.7. The van der Waals surface area contributed by atoms with Crippen LogP contribution in [0.25, 0.3) is 0 Å². The number of hydrogen-bond acceptors (Lipinski definition) is 7. The number of ether oxygens (including phenoxy) is 1. The number of amides is 3. The van der Waals surface area contributed by atoms with Crippen LogP contribution in [0.2, 0.25) is 0 Å². The van der Waals surface area contributed by atoms with Crippen LogP contribution in [0.4, 0.5) is 5.69 Å². The molecular weight excluding hydrogens is 372 g/mol. The highest BCUT2D eigenvalue weighted by Gasteiger charge is 2.27. The first-order valence-electron chi connectivity index (χ1n) is 8.27. The number of rotatable bonds is 7.